The summed E-state index contributed by atoms with van der Waals surface area (Å²) >= 11 is 0. The molecule has 1 atom stereocenters. The van der Waals surface area contributed by atoms with E-state index in [1.165, 1.54) is 19.2 Å². The summed E-state index contributed by atoms with van der Waals surface area (Å²) in [5.74, 6) is 0.850. The van der Waals surface area contributed by atoms with Crippen molar-refractivity contribution in [1.29, 1.82) is 0 Å². The van der Waals surface area contributed by atoms with Crippen LogP contribution in [-0.2, 0) is 29.5 Å². The van der Waals surface area contributed by atoms with Gasteiger partial charge in [-0.2, -0.15) is 4.98 Å². The quantitative estimate of drug-likeness (QED) is 0.409. The molecule has 9 heteroatoms. The number of methoxy groups -OCH3 is 1. The second-order valence-electron chi connectivity index (χ2n) is 10.2. The SMILES string of the molecule is COc1cc(C(=O)N2CCc3cc(F)ccc32)cc(Nc2ccc3c(c2)CC2(C3)C(=O)Nc3ncccc32)n1. The lowest BCUT2D eigenvalue weighted by Gasteiger charge is -2.20. The first-order valence-electron chi connectivity index (χ1n) is 12.8. The van der Waals surface area contributed by atoms with Crippen molar-refractivity contribution in [2.24, 2.45) is 0 Å². The van der Waals surface area contributed by atoms with Crippen LogP contribution in [0.15, 0.2) is 66.9 Å². The van der Waals surface area contributed by atoms with E-state index in [1.54, 1.807) is 29.3 Å². The molecule has 39 heavy (non-hydrogen) atoms. The molecule has 0 bridgehead atoms. The van der Waals surface area contributed by atoms with Gasteiger partial charge >= 0.3 is 0 Å². The molecule has 0 radical (unpaired) electrons. The Morgan fingerprint density at radius 1 is 1.08 bits per heavy atom. The van der Waals surface area contributed by atoms with Gasteiger partial charge in [-0.1, -0.05) is 12.1 Å². The molecular weight excluding hydrogens is 497 g/mol. The summed E-state index contributed by atoms with van der Waals surface area (Å²) in [6.07, 6.45) is 3.48. The number of nitrogens with zero attached hydrogens (tertiary/aromatic N) is 3. The third-order valence-electron chi connectivity index (χ3n) is 7.89. The molecular formula is C30H24FN5O3. The Labute approximate surface area is 223 Å². The van der Waals surface area contributed by atoms with Crippen LogP contribution >= 0.6 is 0 Å². The Hall–Kier alpha value is -4.79. The van der Waals surface area contributed by atoms with Crippen LogP contribution in [0.4, 0.5) is 27.4 Å². The number of anilines is 4. The fourth-order valence-electron chi connectivity index (χ4n) is 6.03. The molecule has 2 aromatic carbocycles. The maximum absolute atomic E-state index is 13.7. The number of hydrogen-bond donors (Lipinski definition) is 2. The van der Waals surface area contributed by atoms with Gasteiger partial charge in [0.2, 0.25) is 11.8 Å². The topological polar surface area (TPSA) is 96.5 Å². The van der Waals surface area contributed by atoms with E-state index < -0.39 is 5.41 Å². The minimum atomic E-state index is -0.646. The van der Waals surface area contributed by atoms with Crippen molar-refractivity contribution in [3.63, 3.8) is 0 Å². The highest BCUT2D eigenvalue weighted by Crippen LogP contribution is 2.47. The molecule has 2 N–H and O–H groups in total. The van der Waals surface area contributed by atoms with Gasteiger partial charge in [0.1, 0.15) is 17.5 Å². The highest BCUT2D eigenvalue weighted by atomic mass is 19.1. The van der Waals surface area contributed by atoms with E-state index in [9.17, 15) is 14.0 Å². The minimum absolute atomic E-state index is 0.0225. The molecule has 4 aromatic rings. The van der Waals surface area contributed by atoms with Crippen LogP contribution in [0.3, 0.4) is 0 Å². The number of ether oxygens (including phenoxy) is 1. The third kappa shape index (κ3) is 3.72. The summed E-state index contributed by atoms with van der Waals surface area (Å²) < 4.78 is 19.1. The zero-order valence-corrected chi connectivity index (χ0v) is 21.1. The first kappa shape index (κ1) is 23.3. The van der Waals surface area contributed by atoms with Crippen molar-refractivity contribution in [1.82, 2.24) is 9.97 Å². The summed E-state index contributed by atoms with van der Waals surface area (Å²) in [7, 11) is 1.50. The molecule has 4 heterocycles. The maximum atomic E-state index is 13.7. The van der Waals surface area contributed by atoms with Crippen molar-refractivity contribution >= 4 is 34.8 Å². The van der Waals surface area contributed by atoms with Crippen LogP contribution in [0.1, 0.15) is 32.6 Å². The van der Waals surface area contributed by atoms with Gasteiger partial charge in [0.05, 0.1) is 12.5 Å². The average molecular weight is 522 g/mol. The predicted octanol–water partition coefficient (Wildman–Crippen LogP) is 4.56. The molecule has 1 unspecified atom stereocenters. The lowest BCUT2D eigenvalue weighted by molar-refractivity contribution is -0.120. The molecule has 3 aliphatic rings. The third-order valence-corrected chi connectivity index (χ3v) is 7.89. The van der Waals surface area contributed by atoms with E-state index in [-0.39, 0.29) is 17.6 Å². The number of fused-ring (bicyclic) bond motifs is 4. The summed E-state index contributed by atoms with van der Waals surface area (Å²) in [5, 5.41) is 6.24. The molecule has 8 nitrogen and oxygen atoms in total. The maximum Gasteiger partial charge on any atom is 0.258 e. The lowest BCUT2D eigenvalue weighted by Crippen LogP contribution is -2.35. The number of amides is 2. The minimum Gasteiger partial charge on any atom is -0.481 e. The van der Waals surface area contributed by atoms with E-state index in [1.807, 2.05) is 30.3 Å². The van der Waals surface area contributed by atoms with Gasteiger partial charge in [-0.05, 0) is 78.4 Å². The largest absolute Gasteiger partial charge is 0.481 e. The molecule has 7 rings (SSSR count). The van der Waals surface area contributed by atoms with Crippen LogP contribution in [0.25, 0.3) is 0 Å². The molecule has 2 aliphatic heterocycles. The van der Waals surface area contributed by atoms with Crippen molar-refractivity contribution in [3.05, 3.63) is 100 Å². The van der Waals surface area contributed by atoms with Gasteiger partial charge < -0.3 is 20.3 Å². The van der Waals surface area contributed by atoms with Crippen molar-refractivity contribution in [2.45, 2.75) is 24.7 Å². The Morgan fingerprint density at radius 2 is 1.95 bits per heavy atom. The number of aromatic nitrogens is 2. The number of pyridine rings is 2. The second-order valence-corrected chi connectivity index (χ2v) is 10.2. The van der Waals surface area contributed by atoms with Gasteiger partial charge in [0.25, 0.3) is 5.91 Å². The van der Waals surface area contributed by atoms with Crippen molar-refractivity contribution in [3.8, 4) is 5.88 Å². The van der Waals surface area contributed by atoms with E-state index >= 15 is 0 Å². The Balaban J connectivity index is 1.16. The standard InChI is InChI=1S/C30H24FN5O3/c1-39-26-14-19(28(37)36-10-8-17-11-21(31)5-7-24(17)36)13-25(34-26)33-22-6-4-18-15-30(16-20(18)12-22)23-3-2-9-32-27(23)35-29(30)38/h2-7,9,11-14H,8,10,15-16H2,1H3,(H,33,34)(H,32,35,38). The molecule has 0 fully saturated rings. The highest BCUT2D eigenvalue weighted by molar-refractivity contribution is 6.08. The molecule has 0 saturated carbocycles. The molecule has 194 valence electrons. The predicted molar refractivity (Wildman–Crippen MR) is 144 cm³/mol. The number of carbonyl (C=O) groups excluding carboxylic acids is 2. The van der Waals surface area contributed by atoms with Gasteiger partial charge in [-0.25, -0.2) is 9.37 Å². The monoisotopic (exact) mass is 521 g/mol. The summed E-state index contributed by atoms with van der Waals surface area (Å²) in [4.78, 5) is 37.0. The van der Waals surface area contributed by atoms with Crippen LogP contribution in [-0.4, -0.2) is 35.4 Å². The van der Waals surface area contributed by atoms with E-state index in [0.717, 1.165) is 27.9 Å². The van der Waals surface area contributed by atoms with Gasteiger partial charge in [-0.15, -0.1) is 0 Å². The Morgan fingerprint density at radius 3 is 2.82 bits per heavy atom. The molecule has 2 aromatic heterocycles. The summed E-state index contributed by atoms with van der Waals surface area (Å²) in [6.45, 7) is 0.476. The number of nitrogens with one attached hydrogen (secondary N) is 2. The number of halogens is 1. The van der Waals surface area contributed by atoms with Crippen LogP contribution < -0.4 is 20.3 Å². The number of benzene rings is 2. The first-order chi connectivity index (χ1) is 18.9. The number of hydrogen-bond acceptors (Lipinski definition) is 6. The normalized spacial score (nSPS) is 18.5. The van der Waals surface area contributed by atoms with E-state index in [2.05, 4.69) is 20.6 Å². The van der Waals surface area contributed by atoms with E-state index in [0.29, 0.717) is 54.6 Å². The van der Waals surface area contributed by atoms with Crippen LogP contribution in [0.2, 0.25) is 0 Å². The van der Waals surface area contributed by atoms with Gasteiger partial charge in [-0.3, -0.25) is 9.59 Å². The second kappa shape index (κ2) is 8.62. The van der Waals surface area contributed by atoms with Crippen LogP contribution in [0.5, 0.6) is 5.88 Å². The fraction of sp³-hybridized carbons (Fsp3) is 0.200. The Kier molecular flexibility index (Phi) is 5.16. The molecule has 1 aliphatic carbocycles. The van der Waals surface area contributed by atoms with Crippen molar-refractivity contribution in [2.75, 3.05) is 29.2 Å². The van der Waals surface area contributed by atoms with Crippen LogP contribution in [0, 0.1) is 5.82 Å². The zero-order valence-electron chi connectivity index (χ0n) is 21.1. The van der Waals surface area contributed by atoms with Gasteiger partial charge in [0, 0.05) is 41.3 Å². The zero-order chi connectivity index (χ0) is 26.7. The fourth-order valence-corrected chi connectivity index (χ4v) is 6.03. The summed E-state index contributed by atoms with van der Waals surface area (Å²) in [6, 6.07) is 17.6. The molecule has 0 saturated heterocycles. The first-order valence-corrected chi connectivity index (χ1v) is 12.8. The molecule has 2 amide bonds. The number of rotatable bonds is 4. The Bertz CT molecular complexity index is 1690. The van der Waals surface area contributed by atoms with Crippen molar-refractivity contribution < 1.29 is 18.7 Å². The van der Waals surface area contributed by atoms with Gasteiger partial charge in [0.15, 0.2) is 0 Å². The average Bonchev–Trinajstić information content (AvgIpc) is 3.61. The highest BCUT2D eigenvalue weighted by Gasteiger charge is 2.51. The summed E-state index contributed by atoms with van der Waals surface area (Å²) in [5.41, 5.74) is 5.21. The molecule has 1 spiro atoms. The smallest absolute Gasteiger partial charge is 0.258 e. The van der Waals surface area contributed by atoms with E-state index in [4.69, 9.17) is 4.74 Å². The number of carbonyl (C=O) groups is 2. The lowest BCUT2D eigenvalue weighted by atomic mass is 9.79.